The molecule has 0 radical (unpaired) electrons. The maximum Gasteiger partial charge on any atom is 0.115 e. The van der Waals surface area contributed by atoms with Crippen molar-refractivity contribution in [2.24, 2.45) is 5.73 Å². The number of nitrogens with two attached hydrogens (primary N) is 1. The summed E-state index contributed by atoms with van der Waals surface area (Å²) in [5.41, 5.74) is 4.50. The van der Waals surface area contributed by atoms with Crippen LogP contribution in [0.25, 0.3) is 0 Å². The van der Waals surface area contributed by atoms with Gasteiger partial charge in [0, 0.05) is 5.02 Å². The Bertz CT molecular complexity index is 152. The lowest BCUT2D eigenvalue weighted by Gasteiger charge is -1.87. The summed E-state index contributed by atoms with van der Waals surface area (Å²) in [5, 5.41) is 9.34. The zero-order valence-electron chi connectivity index (χ0n) is 5.71. The minimum absolute atomic E-state index is 0.245. The Morgan fingerprint density at radius 3 is 1.90 bits per heavy atom. The molecule has 0 spiro atoms. The minimum atomic E-state index is 0.245. The molecule has 3 heteroatoms. The van der Waals surface area contributed by atoms with Crippen LogP contribution in [0.2, 0.25) is 5.02 Å². The third kappa shape index (κ3) is 3.33. The molecule has 3 N–H and O–H groups in total. The minimum Gasteiger partial charge on any atom is -0.508 e. The van der Waals surface area contributed by atoms with E-state index in [9.17, 15) is 0 Å². The molecule has 0 saturated heterocycles. The first kappa shape index (κ1) is 9.27. The van der Waals surface area contributed by atoms with Crippen molar-refractivity contribution in [2.75, 3.05) is 7.05 Å². The largest absolute Gasteiger partial charge is 0.508 e. The molecule has 1 aromatic rings. The van der Waals surface area contributed by atoms with Crippen molar-refractivity contribution in [2.45, 2.75) is 0 Å². The van der Waals surface area contributed by atoms with Crippen LogP contribution < -0.4 is 5.73 Å². The second-order valence-electron chi connectivity index (χ2n) is 1.48. The summed E-state index contributed by atoms with van der Waals surface area (Å²) in [7, 11) is 1.50. The maximum absolute atomic E-state index is 8.70. The molecule has 0 atom stereocenters. The number of phenolic OH excluding ortho intramolecular Hbond substituents is 1. The van der Waals surface area contributed by atoms with E-state index in [0.29, 0.717) is 5.02 Å². The maximum atomic E-state index is 8.70. The van der Waals surface area contributed by atoms with Crippen molar-refractivity contribution in [3.63, 3.8) is 0 Å². The van der Waals surface area contributed by atoms with Crippen molar-refractivity contribution < 1.29 is 5.11 Å². The van der Waals surface area contributed by atoms with Gasteiger partial charge in [-0.05, 0) is 31.3 Å². The number of rotatable bonds is 0. The number of hydrogen-bond donors (Lipinski definition) is 2. The van der Waals surface area contributed by atoms with Gasteiger partial charge in [-0.3, -0.25) is 0 Å². The van der Waals surface area contributed by atoms with Crippen molar-refractivity contribution >= 4 is 11.6 Å². The molecule has 0 aliphatic carbocycles. The molecule has 1 rings (SSSR count). The second-order valence-corrected chi connectivity index (χ2v) is 1.91. The molecule has 0 heterocycles. The Hall–Kier alpha value is -0.730. The van der Waals surface area contributed by atoms with Gasteiger partial charge < -0.3 is 10.8 Å². The van der Waals surface area contributed by atoms with Gasteiger partial charge in [0.05, 0.1) is 0 Å². The molecule has 0 aliphatic heterocycles. The quantitative estimate of drug-likeness (QED) is 0.605. The number of halogens is 1. The van der Waals surface area contributed by atoms with Crippen LogP contribution >= 0.6 is 11.6 Å². The van der Waals surface area contributed by atoms with Gasteiger partial charge in [-0.15, -0.1) is 0 Å². The Morgan fingerprint density at radius 2 is 1.60 bits per heavy atom. The lowest BCUT2D eigenvalue weighted by atomic mass is 10.3. The van der Waals surface area contributed by atoms with Crippen LogP contribution in [-0.2, 0) is 0 Å². The molecular formula is C7H10ClNO. The molecule has 1 aromatic carbocycles. The van der Waals surface area contributed by atoms with E-state index in [1.54, 1.807) is 24.3 Å². The van der Waals surface area contributed by atoms with Gasteiger partial charge in [0.15, 0.2) is 0 Å². The Labute approximate surface area is 65.2 Å². The van der Waals surface area contributed by atoms with Crippen LogP contribution in [0.15, 0.2) is 24.3 Å². The van der Waals surface area contributed by atoms with Crippen LogP contribution in [0.3, 0.4) is 0 Å². The smallest absolute Gasteiger partial charge is 0.115 e. The normalized spacial score (nSPS) is 7.90. The second kappa shape index (κ2) is 5.09. The number of aromatic hydroxyl groups is 1. The van der Waals surface area contributed by atoms with Gasteiger partial charge in [0.2, 0.25) is 0 Å². The fraction of sp³-hybridized carbons (Fsp3) is 0.143. The highest BCUT2D eigenvalue weighted by atomic mass is 35.5. The summed E-state index contributed by atoms with van der Waals surface area (Å²) in [6, 6.07) is 6.36. The molecule has 10 heavy (non-hydrogen) atoms. The first-order valence-corrected chi connectivity index (χ1v) is 3.19. The fourth-order valence-corrected chi connectivity index (χ4v) is 0.567. The Kier molecular flexibility index (Phi) is 4.72. The van der Waals surface area contributed by atoms with E-state index in [4.69, 9.17) is 16.7 Å². The lowest BCUT2D eigenvalue weighted by molar-refractivity contribution is 0.475. The van der Waals surface area contributed by atoms with Crippen molar-refractivity contribution in [1.82, 2.24) is 0 Å². The summed E-state index contributed by atoms with van der Waals surface area (Å²) in [6.07, 6.45) is 0. The van der Waals surface area contributed by atoms with E-state index in [2.05, 4.69) is 5.73 Å². The molecule has 0 aliphatic rings. The van der Waals surface area contributed by atoms with E-state index in [0.717, 1.165) is 0 Å². The average Bonchev–Trinajstić information content (AvgIpc) is 2.00. The molecule has 0 aromatic heterocycles. The van der Waals surface area contributed by atoms with Gasteiger partial charge in [0.25, 0.3) is 0 Å². The van der Waals surface area contributed by atoms with Gasteiger partial charge in [-0.1, -0.05) is 11.6 Å². The monoisotopic (exact) mass is 159 g/mol. The van der Waals surface area contributed by atoms with Crippen LogP contribution in [0.1, 0.15) is 0 Å². The third-order valence-corrected chi connectivity index (χ3v) is 1.08. The van der Waals surface area contributed by atoms with E-state index < -0.39 is 0 Å². The van der Waals surface area contributed by atoms with Gasteiger partial charge in [-0.25, -0.2) is 0 Å². The molecule has 0 fully saturated rings. The lowest BCUT2D eigenvalue weighted by Crippen LogP contribution is -1.69. The number of phenols is 1. The van der Waals surface area contributed by atoms with Gasteiger partial charge in [0.1, 0.15) is 5.75 Å². The number of hydrogen-bond acceptors (Lipinski definition) is 2. The zero-order chi connectivity index (χ0) is 7.98. The van der Waals surface area contributed by atoms with Crippen molar-refractivity contribution in [3.8, 4) is 5.75 Å². The fourth-order valence-electron chi connectivity index (χ4n) is 0.441. The van der Waals surface area contributed by atoms with E-state index in [1.807, 2.05) is 0 Å². The molecule has 0 saturated carbocycles. The standard InChI is InChI=1S/C6H5ClO.CH5N/c7-5-1-3-6(8)4-2-5;1-2/h1-4,8H;2H2,1H3. The molecule has 0 bridgehead atoms. The van der Waals surface area contributed by atoms with Crippen molar-refractivity contribution in [1.29, 1.82) is 0 Å². The van der Waals surface area contributed by atoms with E-state index in [-0.39, 0.29) is 5.75 Å². The zero-order valence-corrected chi connectivity index (χ0v) is 6.47. The van der Waals surface area contributed by atoms with Gasteiger partial charge in [-0.2, -0.15) is 0 Å². The first-order chi connectivity index (χ1) is 4.79. The summed E-state index contributed by atoms with van der Waals surface area (Å²) in [6.45, 7) is 0. The van der Waals surface area contributed by atoms with Crippen LogP contribution in [-0.4, -0.2) is 12.2 Å². The van der Waals surface area contributed by atoms with Crippen molar-refractivity contribution in [3.05, 3.63) is 29.3 Å². The first-order valence-electron chi connectivity index (χ1n) is 2.81. The summed E-state index contributed by atoms with van der Waals surface area (Å²) >= 11 is 5.50. The predicted molar refractivity (Wildman–Crippen MR) is 43.2 cm³/mol. The van der Waals surface area contributed by atoms with E-state index in [1.165, 1.54) is 7.05 Å². The average molecular weight is 160 g/mol. The highest BCUT2D eigenvalue weighted by Gasteiger charge is 1.84. The van der Waals surface area contributed by atoms with Gasteiger partial charge >= 0.3 is 0 Å². The molecule has 0 unspecified atom stereocenters. The summed E-state index contributed by atoms with van der Waals surface area (Å²) < 4.78 is 0. The molecule has 0 amide bonds. The molecule has 2 nitrogen and oxygen atoms in total. The highest BCUT2D eigenvalue weighted by molar-refractivity contribution is 6.30. The predicted octanol–water partition coefficient (Wildman–Crippen LogP) is 1.62. The number of benzene rings is 1. The van der Waals surface area contributed by atoms with E-state index >= 15 is 0 Å². The molecular weight excluding hydrogens is 150 g/mol. The van der Waals surface area contributed by atoms with Crippen LogP contribution in [0.5, 0.6) is 5.75 Å². The SMILES string of the molecule is CN.Oc1ccc(Cl)cc1. The summed E-state index contributed by atoms with van der Waals surface area (Å²) in [4.78, 5) is 0. The summed E-state index contributed by atoms with van der Waals surface area (Å²) in [5.74, 6) is 0.245. The topological polar surface area (TPSA) is 46.2 Å². The molecule has 56 valence electrons. The van der Waals surface area contributed by atoms with Crippen LogP contribution in [0.4, 0.5) is 0 Å². The third-order valence-electron chi connectivity index (χ3n) is 0.827. The van der Waals surface area contributed by atoms with Crippen LogP contribution in [0, 0.1) is 0 Å². The highest BCUT2D eigenvalue weighted by Crippen LogP contribution is 2.12. The Morgan fingerprint density at radius 1 is 1.20 bits per heavy atom. The Balaban J connectivity index is 0.000000371.